The number of benzene rings is 2. The first-order valence-corrected chi connectivity index (χ1v) is 7.29. The Labute approximate surface area is 131 Å². The summed E-state index contributed by atoms with van der Waals surface area (Å²) in [7, 11) is 0. The highest BCUT2D eigenvalue weighted by Crippen LogP contribution is 2.21. The number of nitrogens with zero attached hydrogens (tertiary/aromatic N) is 2. The van der Waals surface area contributed by atoms with Crippen LogP contribution in [-0.2, 0) is 0 Å². The van der Waals surface area contributed by atoms with Crippen molar-refractivity contribution in [2.45, 2.75) is 6.92 Å². The molecule has 0 saturated heterocycles. The van der Waals surface area contributed by atoms with Gasteiger partial charge in [0, 0.05) is 16.6 Å². The summed E-state index contributed by atoms with van der Waals surface area (Å²) < 4.78 is 0.996. The second kappa shape index (κ2) is 6.58. The molecular weight excluding hydrogens is 334 g/mol. The molecule has 0 spiro atoms. The van der Waals surface area contributed by atoms with Crippen molar-refractivity contribution in [1.82, 2.24) is 4.90 Å². The van der Waals surface area contributed by atoms with E-state index in [1.807, 2.05) is 37.3 Å². The van der Waals surface area contributed by atoms with Gasteiger partial charge in [-0.25, -0.2) is 0 Å². The molecule has 2 aromatic rings. The Hall–Kier alpha value is -2.08. The number of halogens is 1. The molecule has 0 atom stereocenters. The van der Waals surface area contributed by atoms with Gasteiger partial charge in [-0.15, -0.1) is 0 Å². The van der Waals surface area contributed by atoms with E-state index in [1.165, 1.54) is 4.90 Å². The fourth-order valence-corrected chi connectivity index (χ4v) is 2.47. The predicted octanol–water partition coefficient (Wildman–Crippen LogP) is 2.81. The van der Waals surface area contributed by atoms with E-state index in [0.717, 1.165) is 15.2 Å². The zero-order valence-electron chi connectivity index (χ0n) is 11.6. The molecule has 0 heterocycles. The lowest BCUT2D eigenvalue weighted by Gasteiger charge is -2.20. The molecule has 0 aliphatic rings. The van der Waals surface area contributed by atoms with Gasteiger partial charge >= 0.3 is 0 Å². The Bertz CT molecular complexity index is 700. The standard InChI is InChI=1S/C15H16BrN3O2/c1-2-19(9-14(17)18-21)15(20)12-4-3-11-8-13(16)6-5-10(11)7-12/h3-8,21H,2,9H2,1H3,(H2,17,18). The number of likely N-dealkylation sites (N-methyl/N-ethyl adjacent to an activating group) is 1. The molecule has 0 saturated carbocycles. The van der Waals surface area contributed by atoms with E-state index >= 15 is 0 Å². The van der Waals surface area contributed by atoms with Crippen LogP contribution in [0.15, 0.2) is 46.0 Å². The molecular formula is C15H16BrN3O2. The van der Waals surface area contributed by atoms with Gasteiger partial charge in [0.15, 0.2) is 5.84 Å². The lowest BCUT2D eigenvalue weighted by atomic mass is 10.1. The van der Waals surface area contributed by atoms with Crippen molar-refractivity contribution in [3.8, 4) is 0 Å². The summed E-state index contributed by atoms with van der Waals surface area (Å²) in [5.41, 5.74) is 6.05. The van der Waals surface area contributed by atoms with Gasteiger partial charge in [-0.2, -0.15) is 0 Å². The first kappa shape index (κ1) is 15.3. The van der Waals surface area contributed by atoms with Crippen LogP contribution in [-0.4, -0.2) is 34.9 Å². The number of amides is 1. The van der Waals surface area contributed by atoms with Gasteiger partial charge < -0.3 is 15.8 Å². The molecule has 0 aliphatic heterocycles. The van der Waals surface area contributed by atoms with E-state index in [4.69, 9.17) is 10.9 Å². The van der Waals surface area contributed by atoms with Gasteiger partial charge in [0.25, 0.3) is 5.91 Å². The third-order valence-electron chi connectivity index (χ3n) is 3.20. The highest BCUT2D eigenvalue weighted by molar-refractivity contribution is 9.10. The third kappa shape index (κ3) is 3.52. The van der Waals surface area contributed by atoms with Gasteiger partial charge in [-0.05, 0) is 42.0 Å². The Morgan fingerprint density at radius 1 is 1.29 bits per heavy atom. The van der Waals surface area contributed by atoms with Crippen molar-refractivity contribution in [3.05, 3.63) is 46.4 Å². The Morgan fingerprint density at radius 2 is 1.95 bits per heavy atom. The average Bonchev–Trinajstić information content (AvgIpc) is 2.51. The number of carbonyl (C=O) groups is 1. The molecule has 5 nitrogen and oxygen atoms in total. The Morgan fingerprint density at radius 3 is 2.62 bits per heavy atom. The van der Waals surface area contributed by atoms with Crippen LogP contribution in [0.3, 0.4) is 0 Å². The molecule has 0 fully saturated rings. The SMILES string of the molecule is CCN(C/C(N)=N/O)C(=O)c1ccc2cc(Br)ccc2c1. The van der Waals surface area contributed by atoms with Crippen molar-refractivity contribution in [3.63, 3.8) is 0 Å². The maximum atomic E-state index is 12.5. The zero-order valence-corrected chi connectivity index (χ0v) is 13.2. The molecule has 0 radical (unpaired) electrons. The number of nitrogens with two attached hydrogens (primary N) is 1. The molecule has 110 valence electrons. The lowest BCUT2D eigenvalue weighted by Crippen LogP contribution is -2.38. The van der Waals surface area contributed by atoms with Gasteiger partial charge in [0.2, 0.25) is 0 Å². The molecule has 0 aromatic heterocycles. The molecule has 0 aliphatic carbocycles. The average molecular weight is 350 g/mol. The Balaban J connectivity index is 2.31. The summed E-state index contributed by atoms with van der Waals surface area (Å²) in [4.78, 5) is 14.0. The van der Waals surface area contributed by atoms with Crippen LogP contribution in [0, 0.1) is 0 Å². The molecule has 2 rings (SSSR count). The fourth-order valence-electron chi connectivity index (χ4n) is 2.09. The number of amidine groups is 1. The number of carbonyl (C=O) groups excluding carboxylic acids is 1. The number of hydrogen-bond donors (Lipinski definition) is 2. The van der Waals surface area contributed by atoms with E-state index in [9.17, 15) is 4.79 Å². The first-order chi connectivity index (χ1) is 10.0. The maximum absolute atomic E-state index is 12.5. The third-order valence-corrected chi connectivity index (χ3v) is 3.69. The highest BCUT2D eigenvalue weighted by Gasteiger charge is 2.15. The van der Waals surface area contributed by atoms with Gasteiger partial charge in [0.05, 0.1) is 6.54 Å². The number of rotatable bonds is 4. The number of oxime groups is 1. The normalized spacial score (nSPS) is 11.6. The molecule has 3 N–H and O–H groups in total. The largest absolute Gasteiger partial charge is 0.409 e. The van der Waals surface area contributed by atoms with Crippen LogP contribution < -0.4 is 5.73 Å². The van der Waals surface area contributed by atoms with Crippen molar-refractivity contribution in [2.75, 3.05) is 13.1 Å². The molecule has 0 unspecified atom stereocenters. The number of hydrogen-bond acceptors (Lipinski definition) is 3. The molecule has 1 amide bonds. The molecule has 21 heavy (non-hydrogen) atoms. The summed E-state index contributed by atoms with van der Waals surface area (Å²) in [5.74, 6) is -0.135. The summed E-state index contributed by atoms with van der Waals surface area (Å²) in [6, 6.07) is 11.4. The summed E-state index contributed by atoms with van der Waals surface area (Å²) in [5, 5.41) is 13.6. The van der Waals surface area contributed by atoms with E-state index < -0.39 is 0 Å². The van der Waals surface area contributed by atoms with Crippen molar-refractivity contribution < 1.29 is 10.0 Å². The zero-order chi connectivity index (χ0) is 15.4. The lowest BCUT2D eigenvalue weighted by molar-refractivity contribution is 0.0786. The van der Waals surface area contributed by atoms with Crippen LogP contribution in [0.4, 0.5) is 0 Å². The summed E-state index contributed by atoms with van der Waals surface area (Å²) in [6.07, 6.45) is 0. The summed E-state index contributed by atoms with van der Waals surface area (Å²) in [6.45, 7) is 2.43. The van der Waals surface area contributed by atoms with Gasteiger partial charge in [-0.1, -0.05) is 33.2 Å². The van der Waals surface area contributed by atoms with Crippen molar-refractivity contribution >= 4 is 38.4 Å². The monoisotopic (exact) mass is 349 g/mol. The second-order valence-electron chi connectivity index (χ2n) is 4.62. The Kier molecular flexibility index (Phi) is 4.80. The minimum atomic E-state index is -0.145. The van der Waals surface area contributed by atoms with E-state index in [1.54, 1.807) is 6.07 Å². The van der Waals surface area contributed by atoms with Crippen LogP contribution in [0.25, 0.3) is 10.8 Å². The minimum absolute atomic E-state index is 0.00918. The first-order valence-electron chi connectivity index (χ1n) is 6.50. The van der Waals surface area contributed by atoms with E-state index in [-0.39, 0.29) is 18.3 Å². The van der Waals surface area contributed by atoms with Gasteiger partial charge in [-0.3, -0.25) is 4.79 Å². The van der Waals surface area contributed by atoms with E-state index in [2.05, 4.69) is 21.1 Å². The van der Waals surface area contributed by atoms with Gasteiger partial charge in [0.1, 0.15) is 0 Å². The molecule has 0 bridgehead atoms. The predicted molar refractivity (Wildman–Crippen MR) is 86.6 cm³/mol. The van der Waals surface area contributed by atoms with E-state index in [0.29, 0.717) is 12.1 Å². The smallest absolute Gasteiger partial charge is 0.254 e. The van der Waals surface area contributed by atoms with Crippen LogP contribution in [0.5, 0.6) is 0 Å². The van der Waals surface area contributed by atoms with Crippen molar-refractivity contribution in [1.29, 1.82) is 0 Å². The van der Waals surface area contributed by atoms with Crippen molar-refractivity contribution in [2.24, 2.45) is 10.9 Å². The highest BCUT2D eigenvalue weighted by atomic mass is 79.9. The number of fused-ring (bicyclic) bond motifs is 1. The fraction of sp³-hybridized carbons (Fsp3) is 0.200. The topological polar surface area (TPSA) is 78.9 Å². The van der Waals surface area contributed by atoms with Crippen LogP contribution >= 0.6 is 15.9 Å². The molecule has 2 aromatic carbocycles. The molecule has 6 heteroatoms. The maximum Gasteiger partial charge on any atom is 0.254 e. The second-order valence-corrected chi connectivity index (χ2v) is 5.53. The van der Waals surface area contributed by atoms with Crippen LogP contribution in [0.1, 0.15) is 17.3 Å². The summed E-state index contributed by atoms with van der Waals surface area (Å²) >= 11 is 3.42. The van der Waals surface area contributed by atoms with Crippen LogP contribution in [0.2, 0.25) is 0 Å². The minimum Gasteiger partial charge on any atom is -0.409 e. The quantitative estimate of drug-likeness (QED) is 0.385.